The van der Waals surface area contributed by atoms with Gasteiger partial charge in [-0.1, -0.05) is 6.92 Å². The molecule has 0 amide bonds. The van der Waals surface area contributed by atoms with Gasteiger partial charge in [0.05, 0.1) is 6.61 Å². The molecule has 0 aliphatic heterocycles. The van der Waals surface area contributed by atoms with E-state index in [-0.39, 0.29) is 13.0 Å². The third-order valence-electron chi connectivity index (χ3n) is 1.28. The maximum absolute atomic E-state index is 10.8. The smallest absolute Gasteiger partial charge is 0.320 e. The highest BCUT2D eigenvalue weighted by molar-refractivity contribution is 5.93. The van der Waals surface area contributed by atoms with Crippen LogP contribution in [0.2, 0.25) is 0 Å². The van der Waals surface area contributed by atoms with Crippen LogP contribution in [0.5, 0.6) is 0 Å². The summed E-state index contributed by atoms with van der Waals surface area (Å²) in [6, 6.07) is 0. The largest absolute Gasteiger partial charge is 0.481 e. The van der Waals surface area contributed by atoms with Gasteiger partial charge >= 0.3 is 11.9 Å². The normalized spacial score (nSPS) is 12.2. The molecule has 0 aliphatic carbocycles. The molecule has 0 rings (SSSR count). The number of carbonyl (C=O) groups excluding carboxylic acids is 1. The first kappa shape index (κ1) is 9.94. The number of hydrogen-bond donors (Lipinski definition) is 1. The fourth-order valence-corrected chi connectivity index (χ4v) is 0.685. The van der Waals surface area contributed by atoms with Crippen LogP contribution in [0.1, 0.15) is 20.3 Å². The van der Waals surface area contributed by atoms with Crippen molar-refractivity contribution in [1.82, 2.24) is 0 Å². The fraction of sp³-hybridized carbons (Fsp3) is 0.714. The van der Waals surface area contributed by atoms with Crippen molar-refractivity contribution in [2.24, 2.45) is 5.92 Å². The minimum absolute atomic E-state index is 0.225. The number of hydrogen-bond acceptors (Lipinski definition) is 3. The summed E-state index contributed by atoms with van der Waals surface area (Å²) in [5.41, 5.74) is 0. The molecule has 1 N–H and O–H groups in total. The third-order valence-corrected chi connectivity index (χ3v) is 1.28. The predicted molar refractivity (Wildman–Crippen MR) is 38.0 cm³/mol. The highest BCUT2D eigenvalue weighted by Crippen LogP contribution is 2.04. The topological polar surface area (TPSA) is 63.6 Å². The minimum Gasteiger partial charge on any atom is -0.481 e. The molecule has 0 saturated heterocycles. The molecule has 0 heterocycles. The Hall–Kier alpha value is -1.06. The van der Waals surface area contributed by atoms with E-state index in [0.717, 1.165) is 0 Å². The molecule has 0 aromatic rings. The zero-order chi connectivity index (χ0) is 8.85. The van der Waals surface area contributed by atoms with E-state index >= 15 is 0 Å². The Kier molecular flexibility index (Phi) is 4.26. The Bertz CT molecular complexity index is 153. The fourth-order valence-electron chi connectivity index (χ4n) is 0.685. The van der Waals surface area contributed by atoms with E-state index in [1.54, 1.807) is 13.8 Å². The van der Waals surface area contributed by atoms with E-state index in [2.05, 4.69) is 4.74 Å². The SMILES string of the molecule is CCOC(=O)[C@@H](CC)C(=O)O. The average molecular weight is 160 g/mol. The van der Waals surface area contributed by atoms with E-state index in [1.165, 1.54) is 0 Å². The minimum atomic E-state index is -1.12. The molecule has 11 heavy (non-hydrogen) atoms. The molecule has 4 heteroatoms. The van der Waals surface area contributed by atoms with Crippen LogP contribution in [0, 0.1) is 5.92 Å². The van der Waals surface area contributed by atoms with Gasteiger partial charge in [-0.05, 0) is 13.3 Å². The number of ether oxygens (including phenoxy) is 1. The van der Waals surface area contributed by atoms with Crippen LogP contribution in [-0.4, -0.2) is 23.7 Å². The summed E-state index contributed by atoms with van der Waals surface area (Å²) < 4.78 is 4.54. The zero-order valence-electron chi connectivity index (χ0n) is 6.66. The summed E-state index contributed by atoms with van der Waals surface area (Å²) in [7, 11) is 0. The first-order valence-electron chi connectivity index (χ1n) is 3.52. The first-order valence-corrected chi connectivity index (χ1v) is 3.52. The van der Waals surface area contributed by atoms with Crippen molar-refractivity contribution in [3.63, 3.8) is 0 Å². The van der Waals surface area contributed by atoms with Gasteiger partial charge < -0.3 is 9.84 Å². The van der Waals surface area contributed by atoms with Crippen molar-refractivity contribution in [2.75, 3.05) is 6.61 Å². The molecular formula is C7H12O4. The van der Waals surface area contributed by atoms with Crippen molar-refractivity contribution in [1.29, 1.82) is 0 Å². The van der Waals surface area contributed by atoms with Crippen molar-refractivity contribution in [3.8, 4) is 0 Å². The van der Waals surface area contributed by atoms with Crippen LogP contribution < -0.4 is 0 Å². The number of carbonyl (C=O) groups is 2. The third kappa shape index (κ3) is 3.02. The second kappa shape index (κ2) is 4.71. The maximum Gasteiger partial charge on any atom is 0.320 e. The molecule has 0 spiro atoms. The van der Waals surface area contributed by atoms with Gasteiger partial charge in [0.15, 0.2) is 5.92 Å². The van der Waals surface area contributed by atoms with Gasteiger partial charge in [0.25, 0.3) is 0 Å². The molecular weight excluding hydrogens is 148 g/mol. The molecule has 64 valence electrons. The molecule has 0 fully saturated rings. The monoisotopic (exact) mass is 160 g/mol. The molecule has 0 aromatic carbocycles. The lowest BCUT2D eigenvalue weighted by Crippen LogP contribution is -2.25. The van der Waals surface area contributed by atoms with Crippen LogP contribution in [0.4, 0.5) is 0 Å². The van der Waals surface area contributed by atoms with E-state index in [4.69, 9.17) is 5.11 Å². The van der Waals surface area contributed by atoms with Crippen LogP contribution in [0.25, 0.3) is 0 Å². The molecule has 0 saturated carbocycles. The first-order chi connectivity index (χ1) is 5.13. The van der Waals surface area contributed by atoms with Crippen LogP contribution in [-0.2, 0) is 14.3 Å². The van der Waals surface area contributed by atoms with Crippen LogP contribution in [0.3, 0.4) is 0 Å². The molecule has 1 atom stereocenters. The summed E-state index contributed by atoms with van der Waals surface area (Å²) in [6.07, 6.45) is 0.272. The number of aliphatic carboxylic acids is 1. The highest BCUT2D eigenvalue weighted by atomic mass is 16.5. The summed E-state index contributed by atoms with van der Waals surface area (Å²) >= 11 is 0. The molecule has 0 bridgehead atoms. The Morgan fingerprint density at radius 2 is 2.00 bits per heavy atom. The van der Waals surface area contributed by atoms with Crippen molar-refractivity contribution >= 4 is 11.9 Å². The van der Waals surface area contributed by atoms with Gasteiger partial charge in [0, 0.05) is 0 Å². The quantitative estimate of drug-likeness (QED) is 0.484. The van der Waals surface area contributed by atoms with Gasteiger partial charge in [-0.2, -0.15) is 0 Å². The predicted octanol–water partition coefficient (Wildman–Crippen LogP) is 0.660. The highest BCUT2D eigenvalue weighted by Gasteiger charge is 2.24. The van der Waals surface area contributed by atoms with Gasteiger partial charge in [-0.3, -0.25) is 9.59 Å². The number of carboxylic acid groups (broad SMARTS) is 1. The average Bonchev–Trinajstić information content (AvgIpc) is 1.88. The van der Waals surface area contributed by atoms with Crippen molar-refractivity contribution in [2.45, 2.75) is 20.3 Å². The maximum atomic E-state index is 10.8. The number of carboxylic acids is 1. The summed E-state index contributed by atoms with van der Waals surface area (Å²) in [6.45, 7) is 3.50. The molecule has 0 radical (unpaired) electrons. The number of rotatable bonds is 4. The van der Waals surface area contributed by atoms with E-state index in [9.17, 15) is 9.59 Å². The lowest BCUT2D eigenvalue weighted by Gasteiger charge is -2.07. The van der Waals surface area contributed by atoms with Crippen LogP contribution in [0.15, 0.2) is 0 Å². The molecule has 0 aliphatic rings. The van der Waals surface area contributed by atoms with Gasteiger partial charge in [0.2, 0.25) is 0 Å². The Labute approximate surface area is 65.2 Å². The van der Waals surface area contributed by atoms with Crippen molar-refractivity contribution in [3.05, 3.63) is 0 Å². The van der Waals surface area contributed by atoms with Crippen molar-refractivity contribution < 1.29 is 19.4 Å². The standard InChI is InChI=1S/C7H12O4/c1-3-5(6(8)9)7(10)11-4-2/h5H,3-4H2,1-2H3,(H,8,9)/t5-/m0/s1. The van der Waals surface area contributed by atoms with Crippen LogP contribution >= 0.6 is 0 Å². The van der Waals surface area contributed by atoms with Gasteiger partial charge in [-0.15, -0.1) is 0 Å². The Balaban J connectivity index is 4.03. The molecule has 0 aromatic heterocycles. The van der Waals surface area contributed by atoms with E-state index < -0.39 is 17.9 Å². The second-order valence-corrected chi connectivity index (χ2v) is 2.05. The van der Waals surface area contributed by atoms with E-state index in [1.807, 2.05) is 0 Å². The Morgan fingerprint density at radius 3 is 2.27 bits per heavy atom. The second-order valence-electron chi connectivity index (χ2n) is 2.05. The Morgan fingerprint density at radius 1 is 1.45 bits per heavy atom. The van der Waals surface area contributed by atoms with Gasteiger partial charge in [0.1, 0.15) is 0 Å². The summed E-state index contributed by atoms with van der Waals surface area (Å²) in [5.74, 6) is -2.77. The van der Waals surface area contributed by atoms with E-state index in [0.29, 0.717) is 0 Å². The number of esters is 1. The lowest BCUT2D eigenvalue weighted by molar-refractivity contribution is -0.158. The molecule has 0 unspecified atom stereocenters. The lowest BCUT2D eigenvalue weighted by atomic mass is 10.1. The zero-order valence-corrected chi connectivity index (χ0v) is 6.66. The summed E-state index contributed by atoms with van der Waals surface area (Å²) in [5, 5.41) is 8.47. The summed E-state index contributed by atoms with van der Waals surface area (Å²) in [4.78, 5) is 21.2. The molecule has 4 nitrogen and oxygen atoms in total. The van der Waals surface area contributed by atoms with Gasteiger partial charge in [-0.25, -0.2) is 0 Å².